The van der Waals surface area contributed by atoms with Gasteiger partial charge in [0.25, 0.3) is 0 Å². The number of hydrogen-bond acceptors (Lipinski definition) is 6. The number of ether oxygens (including phenoxy) is 1. The SMILES string of the molecule is CCC1(CC)CC(=O)c2cc(-c3nnc(-c4cccnc4)o3)ccc2O1. The molecular weight excluding hydrogens is 330 g/mol. The molecule has 1 aliphatic heterocycles. The molecule has 0 saturated carbocycles. The Kier molecular flexibility index (Phi) is 4.03. The zero-order chi connectivity index (χ0) is 18.1. The van der Waals surface area contributed by atoms with Crippen molar-refractivity contribution in [1.29, 1.82) is 0 Å². The highest BCUT2D eigenvalue weighted by Gasteiger charge is 2.37. The van der Waals surface area contributed by atoms with Gasteiger partial charge in [-0.25, -0.2) is 0 Å². The van der Waals surface area contributed by atoms with Crippen molar-refractivity contribution in [2.24, 2.45) is 0 Å². The Bertz CT molecular complexity index is 946. The van der Waals surface area contributed by atoms with Crippen molar-refractivity contribution in [2.75, 3.05) is 0 Å². The zero-order valence-corrected chi connectivity index (χ0v) is 14.7. The molecule has 0 fully saturated rings. The Morgan fingerprint density at radius 2 is 1.85 bits per heavy atom. The summed E-state index contributed by atoms with van der Waals surface area (Å²) in [6.07, 6.45) is 5.34. The Labute approximate surface area is 151 Å². The van der Waals surface area contributed by atoms with E-state index < -0.39 is 5.60 Å². The largest absolute Gasteiger partial charge is 0.486 e. The van der Waals surface area contributed by atoms with E-state index in [-0.39, 0.29) is 5.78 Å². The van der Waals surface area contributed by atoms with E-state index in [0.717, 1.165) is 18.4 Å². The lowest BCUT2D eigenvalue weighted by atomic mass is 9.85. The number of ketones is 1. The molecule has 0 saturated heterocycles. The third kappa shape index (κ3) is 2.77. The first-order valence-corrected chi connectivity index (χ1v) is 8.74. The number of aromatic nitrogens is 3. The number of pyridine rings is 1. The highest BCUT2D eigenvalue weighted by atomic mass is 16.5. The van der Waals surface area contributed by atoms with E-state index in [1.54, 1.807) is 18.5 Å². The fourth-order valence-electron chi connectivity index (χ4n) is 3.22. The average Bonchev–Trinajstić information content (AvgIpc) is 3.18. The standard InChI is InChI=1S/C20H19N3O3/c1-3-20(4-2)11-16(24)15-10-13(7-8-17(15)26-20)18-22-23-19(25-18)14-6-5-9-21-12-14/h5-10,12H,3-4,11H2,1-2H3. The van der Waals surface area contributed by atoms with Crippen LogP contribution in [0.5, 0.6) is 5.75 Å². The van der Waals surface area contributed by atoms with Gasteiger partial charge in [0.15, 0.2) is 5.78 Å². The minimum absolute atomic E-state index is 0.0869. The number of hydrogen-bond donors (Lipinski definition) is 0. The first kappa shape index (κ1) is 16.4. The van der Waals surface area contributed by atoms with Crippen molar-refractivity contribution in [1.82, 2.24) is 15.2 Å². The fourth-order valence-corrected chi connectivity index (χ4v) is 3.22. The molecule has 26 heavy (non-hydrogen) atoms. The molecule has 6 nitrogen and oxygen atoms in total. The Balaban J connectivity index is 1.68. The monoisotopic (exact) mass is 349 g/mol. The smallest absolute Gasteiger partial charge is 0.249 e. The molecule has 0 aliphatic carbocycles. The summed E-state index contributed by atoms with van der Waals surface area (Å²) in [5.41, 5.74) is 1.62. The van der Waals surface area contributed by atoms with Gasteiger partial charge in [0, 0.05) is 18.0 Å². The van der Waals surface area contributed by atoms with Crippen molar-refractivity contribution < 1.29 is 13.9 Å². The van der Waals surface area contributed by atoms with Gasteiger partial charge >= 0.3 is 0 Å². The number of rotatable bonds is 4. The molecule has 3 heterocycles. The van der Waals surface area contributed by atoms with Crippen LogP contribution in [0.1, 0.15) is 43.5 Å². The van der Waals surface area contributed by atoms with Gasteiger partial charge in [-0.05, 0) is 43.2 Å². The van der Waals surface area contributed by atoms with Gasteiger partial charge < -0.3 is 9.15 Å². The van der Waals surface area contributed by atoms with E-state index in [1.807, 2.05) is 24.3 Å². The molecule has 0 atom stereocenters. The van der Waals surface area contributed by atoms with Gasteiger partial charge in [-0.15, -0.1) is 10.2 Å². The maximum absolute atomic E-state index is 12.7. The van der Waals surface area contributed by atoms with Crippen LogP contribution in [0.2, 0.25) is 0 Å². The van der Waals surface area contributed by atoms with Gasteiger partial charge in [-0.1, -0.05) is 13.8 Å². The molecule has 6 heteroatoms. The van der Waals surface area contributed by atoms with Crippen molar-refractivity contribution in [2.45, 2.75) is 38.7 Å². The predicted molar refractivity (Wildman–Crippen MR) is 95.9 cm³/mol. The lowest BCUT2D eigenvalue weighted by molar-refractivity contribution is 0.0350. The molecule has 0 bridgehead atoms. The number of benzene rings is 1. The van der Waals surface area contributed by atoms with Crippen LogP contribution in [0.3, 0.4) is 0 Å². The lowest BCUT2D eigenvalue weighted by Crippen LogP contribution is -2.40. The summed E-state index contributed by atoms with van der Waals surface area (Å²) in [5, 5.41) is 8.17. The molecule has 0 N–H and O–H groups in total. The number of fused-ring (bicyclic) bond motifs is 1. The maximum atomic E-state index is 12.7. The van der Waals surface area contributed by atoms with Crippen LogP contribution in [-0.4, -0.2) is 26.6 Å². The van der Waals surface area contributed by atoms with Crippen LogP contribution in [0, 0.1) is 0 Å². The minimum atomic E-state index is -0.399. The fraction of sp³-hybridized carbons (Fsp3) is 0.300. The molecule has 1 aromatic carbocycles. The summed E-state index contributed by atoms with van der Waals surface area (Å²) in [5.74, 6) is 1.47. The van der Waals surface area contributed by atoms with Crippen LogP contribution < -0.4 is 4.74 Å². The lowest BCUT2D eigenvalue weighted by Gasteiger charge is -2.36. The molecular formula is C20H19N3O3. The van der Waals surface area contributed by atoms with E-state index in [2.05, 4.69) is 29.0 Å². The van der Waals surface area contributed by atoms with E-state index in [4.69, 9.17) is 9.15 Å². The number of nitrogens with zero attached hydrogens (tertiary/aromatic N) is 3. The third-order valence-electron chi connectivity index (χ3n) is 4.96. The first-order chi connectivity index (χ1) is 12.6. The number of carbonyl (C=O) groups is 1. The second-order valence-corrected chi connectivity index (χ2v) is 6.46. The topological polar surface area (TPSA) is 78.1 Å². The summed E-state index contributed by atoms with van der Waals surface area (Å²) in [4.78, 5) is 16.7. The molecule has 0 spiro atoms. The number of carbonyl (C=O) groups excluding carboxylic acids is 1. The summed E-state index contributed by atoms with van der Waals surface area (Å²) >= 11 is 0. The molecule has 3 aromatic rings. The summed E-state index contributed by atoms with van der Waals surface area (Å²) in [6.45, 7) is 4.10. The zero-order valence-electron chi connectivity index (χ0n) is 14.7. The van der Waals surface area contributed by atoms with Gasteiger partial charge in [0.2, 0.25) is 11.8 Å². The van der Waals surface area contributed by atoms with Crippen LogP contribution >= 0.6 is 0 Å². The van der Waals surface area contributed by atoms with Crippen molar-refractivity contribution in [3.05, 3.63) is 48.3 Å². The molecule has 0 radical (unpaired) electrons. The average molecular weight is 349 g/mol. The van der Waals surface area contributed by atoms with Crippen LogP contribution in [0.15, 0.2) is 47.1 Å². The highest BCUT2D eigenvalue weighted by molar-refractivity contribution is 6.01. The summed E-state index contributed by atoms with van der Waals surface area (Å²) in [6, 6.07) is 9.09. The van der Waals surface area contributed by atoms with Crippen LogP contribution in [0.25, 0.3) is 22.9 Å². The van der Waals surface area contributed by atoms with Gasteiger partial charge in [-0.2, -0.15) is 0 Å². The molecule has 1 aliphatic rings. The molecule has 4 rings (SSSR count). The van der Waals surface area contributed by atoms with Crippen molar-refractivity contribution in [3.63, 3.8) is 0 Å². The van der Waals surface area contributed by atoms with E-state index in [0.29, 0.717) is 35.1 Å². The quantitative estimate of drug-likeness (QED) is 0.698. The Morgan fingerprint density at radius 1 is 1.08 bits per heavy atom. The third-order valence-corrected chi connectivity index (χ3v) is 4.96. The van der Waals surface area contributed by atoms with Crippen molar-refractivity contribution >= 4 is 5.78 Å². The maximum Gasteiger partial charge on any atom is 0.249 e. The number of Topliss-reactive ketones (excluding diaryl/α,β-unsaturated/α-hetero) is 1. The van der Waals surface area contributed by atoms with Gasteiger partial charge in [-0.3, -0.25) is 9.78 Å². The van der Waals surface area contributed by atoms with E-state index in [1.165, 1.54) is 0 Å². The van der Waals surface area contributed by atoms with Crippen molar-refractivity contribution in [3.8, 4) is 28.7 Å². The minimum Gasteiger partial charge on any atom is -0.486 e. The highest BCUT2D eigenvalue weighted by Crippen LogP contribution is 2.39. The second-order valence-electron chi connectivity index (χ2n) is 6.46. The Morgan fingerprint density at radius 3 is 2.54 bits per heavy atom. The van der Waals surface area contributed by atoms with Crippen LogP contribution in [0.4, 0.5) is 0 Å². The molecule has 0 unspecified atom stereocenters. The first-order valence-electron chi connectivity index (χ1n) is 8.74. The van der Waals surface area contributed by atoms with Gasteiger partial charge in [0.05, 0.1) is 17.5 Å². The van der Waals surface area contributed by atoms with Crippen LogP contribution in [-0.2, 0) is 0 Å². The molecule has 2 aromatic heterocycles. The Hall–Kier alpha value is -3.02. The molecule has 0 amide bonds. The second kappa shape index (κ2) is 6.37. The predicted octanol–water partition coefficient (Wildman–Crippen LogP) is 4.32. The molecule has 132 valence electrons. The normalized spacial score (nSPS) is 15.4. The van der Waals surface area contributed by atoms with E-state index in [9.17, 15) is 4.79 Å². The van der Waals surface area contributed by atoms with Gasteiger partial charge in [0.1, 0.15) is 11.4 Å². The summed E-state index contributed by atoms with van der Waals surface area (Å²) in [7, 11) is 0. The van der Waals surface area contributed by atoms with E-state index >= 15 is 0 Å². The summed E-state index contributed by atoms with van der Waals surface area (Å²) < 4.78 is 11.9.